The van der Waals surface area contributed by atoms with Crippen molar-refractivity contribution in [2.75, 3.05) is 0 Å². The quantitative estimate of drug-likeness (QED) is 0.607. The van der Waals surface area contributed by atoms with E-state index < -0.39 is 33.0 Å². The first kappa shape index (κ1) is 12.7. The molecule has 0 bridgehead atoms. The maximum Gasteiger partial charge on any atom is 0.573 e. The van der Waals surface area contributed by atoms with Crippen molar-refractivity contribution in [3.8, 4) is 5.75 Å². The first-order chi connectivity index (χ1) is 7.11. The average Bonchev–Trinajstić information content (AvgIpc) is 1.97. The van der Waals surface area contributed by atoms with Crippen LogP contribution < -0.4 is 4.74 Å². The predicted octanol–water partition coefficient (Wildman–Crippen LogP) is 2.38. The van der Waals surface area contributed by atoms with Crippen LogP contribution in [0.2, 0.25) is 0 Å². The van der Waals surface area contributed by atoms with Gasteiger partial charge in [0.25, 0.3) is 0 Å². The summed E-state index contributed by atoms with van der Waals surface area (Å²) in [5.74, 6) is -3.11. The Morgan fingerprint density at radius 3 is 2.19 bits per heavy atom. The van der Waals surface area contributed by atoms with E-state index in [1.54, 1.807) is 0 Å². The van der Waals surface area contributed by atoms with Crippen LogP contribution in [-0.2, 0) is 10.2 Å². The molecule has 1 aromatic carbocycles. The summed E-state index contributed by atoms with van der Waals surface area (Å²) < 4.78 is 84.7. The molecule has 0 aromatic heterocycles. The van der Waals surface area contributed by atoms with E-state index in [0.717, 1.165) is 6.07 Å². The molecule has 0 aliphatic rings. The molecule has 0 aliphatic carbocycles. The third-order valence-electron chi connectivity index (χ3n) is 1.40. The minimum atomic E-state index is -5.64. The molecule has 0 aliphatic heterocycles. The molecule has 90 valence electrons. The number of benzene rings is 1. The van der Waals surface area contributed by atoms with E-state index in [9.17, 15) is 29.9 Å². The van der Waals surface area contributed by atoms with Crippen LogP contribution >= 0.6 is 0 Å². The Morgan fingerprint density at radius 2 is 1.75 bits per heavy atom. The van der Waals surface area contributed by atoms with Crippen molar-refractivity contribution in [1.29, 1.82) is 0 Å². The molecule has 0 saturated heterocycles. The number of hydrogen-bond acceptors (Lipinski definition) is 3. The van der Waals surface area contributed by atoms with Gasteiger partial charge in [-0.1, -0.05) is 6.07 Å². The van der Waals surface area contributed by atoms with Crippen LogP contribution in [0.25, 0.3) is 0 Å². The fourth-order valence-electron chi connectivity index (χ4n) is 0.931. The summed E-state index contributed by atoms with van der Waals surface area (Å²) in [6.07, 6.45) is -5.24. The van der Waals surface area contributed by atoms with Gasteiger partial charge >= 0.3 is 16.6 Å². The van der Waals surface area contributed by atoms with Crippen LogP contribution in [0.1, 0.15) is 0 Å². The van der Waals surface area contributed by atoms with Crippen LogP contribution in [0.4, 0.5) is 21.4 Å². The molecule has 1 aromatic rings. The van der Waals surface area contributed by atoms with Gasteiger partial charge in [-0.05, 0) is 12.1 Å². The predicted molar refractivity (Wildman–Crippen MR) is 41.4 cm³/mol. The highest BCUT2D eigenvalue weighted by atomic mass is 32.3. The molecular formula is C7H3F5O3S. The van der Waals surface area contributed by atoms with Crippen LogP contribution in [0, 0.1) is 5.82 Å². The summed E-state index contributed by atoms with van der Waals surface area (Å²) in [6.45, 7) is 0. The first-order valence-corrected chi connectivity index (χ1v) is 4.98. The summed E-state index contributed by atoms with van der Waals surface area (Å²) in [5.41, 5.74) is 0. The monoisotopic (exact) mass is 262 g/mol. The Balaban J connectivity index is 3.36. The van der Waals surface area contributed by atoms with Gasteiger partial charge in [0.05, 0.1) is 0 Å². The summed E-state index contributed by atoms with van der Waals surface area (Å²) in [5, 5.41) is 0. The highest BCUT2D eigenvalue weighted by Crippen LogP contribution is 2.32. The van der Waals surface area contributed by atoms with E-state index in [4.69, 9.17) is 0 Å². The van der Waals surface area contributed by atoms with Crippen LogP contribution in [0.3, 0.4) is 0 Å². The molecule has 0 saturated carbocycles. The minimum absolute atomic E-state index is 0.489. The topological polar surface area (TPSA) is 43.4 Å². The molecule has 0 N–H and O–H groups in total. The zero-order valence-electron chi connectivity index (χ0n) is 7.25. The van der Waals surface area contributed by atoms with Crippen molar-refractivity contribution in [3.63, 3.8) is 0 Å². The fourth-order valence-corrected chi connectivity index (χ4v) is 1.58. The normalized spacial score (nSPS) is 12.6. The lowest BCUT2D eigenvalue weighted by molar-refractivity contribution is -0.275. The Bertz CT molecular complexity index is 493. The molecule has 3 nitrogen and oxygen atoms in total. The van der Waals surface area contributed by atoms with Crippen LogP contribution in [-0.4, -0.2) is 14.8 Å². The van der Waals surface area contributed by atoms with Crippen molar-refractivity contribution in [1.82, 2.24) is 0 Å². The van der Waals surface area contributed by atoms with E-state index in [1.807, 2.05) is 0 Å². The summed E-state index contributed by atoms with van der Waals surface area (Å²) in [4.78, 5) is -1.77. The molecule has 0 amide bonds. The van der Waals surface area contributed by atoms with Gasteiger partial charge in [-0.2, -0.15) is 8.42 Å². The Hall–Kier alpha value is -1.38. The number of ether oxygens (including phenoxy) is 1. The van der Waals surface area contributed by atoms with Crippen molar-refractivity contribution < 1.29 is 34.6 Å². The highest BCUT2D eigenvalue weighted by Gasteiger charge is 2.35. The average molecular weight is 262 g/mol. The van der Waals surface area contributed by atoms with Crippen molar-refractivity contribution in [2.24, 2.45) is 0 Å². The second-order valence-corrected chi connectivity index (χ2v) is 3.84. The third kappa shape index (κ3) is 3.05. The largest absolute Gasteiger partial charge is 0.573 e. The van der Waals surface area contributed by atoms with E-state index in [0.29, 0.717) is 12.1 Å². The molecule has 0 atom stereocenters. The molecular weight excluding hydrogens is 259 g/mol. The lowest BCUT2D eigenvalue weighted by Crippen LogP contribution is -2.19. The number of halogens is 5. The third-order valence-corrected chi connectivity index (χ3v) is 2.28. The number of hydrogen-bond donors (Lipinski definition) is 0. The standard InChI is InChI=1S/C7H3F5O3S/c8-4-2-1-3-5(15-7(9,10)11)6(4)16(12,13)14/h1-3H. The lowest BCUT2D eigenvalue weighted by atomic mass is 10.3. The zero-order chi connectivity index (χ0) is 12.6. The van der Waals surface area contributed by atoms with Crippen LogP contribution in [0.5, 0.6) is 5.75 Å². The Labute approximate surface area is 86.7 Å². The summed E-state index contributed by atoms with van der Waals surface area (Å²) >= 11 is 0. The Morgan fingerprint density at radius 1 is 1.19 bits per heavy atom. The lowest BCUT2D eigenvalue weighted by Gasteiger charge is -2.11. The first-order valence-electron chi connectivity index (χ1n) is 3.60. The van der Waals surface area contributed by atoms with E-state index in [-0.39, 0.29) is 0 Å². The molecule has 0 heterocycles. The van der Waals surface area contributed by atoms with Gasteiger partial charge in [0, 0.05) is 0 Å². The van der Waals surface area contributed by atoms with Crippen molar-refractivity contribution in [2.45, 2.75) is 11.3 Å². The second-order valence-electron chi connectivity index (χ2n) is 2.55. The minimum Gasteiger partial charge on any atom is -0.404 e. The molecule has 0 fully saturated rings. The van der Waals surface area contributed by atoms with Gasteiger partial charge in [0.15, 0.2) is 10.6 Å². The molecule has 0 spiro atoms. The maximum atomic E-state index is 12.9. The van der Waals surface area contributed by atoms with Gasteiger partial charge in [0.2, 0.25) is 0 Å². The smallest absolute Gasteiger partial charge is 0.404 e. The molecule has 9 heteroatoms. The van der Waals surface area contributed by atoms with Gasteiger partial charge in [-0.3, -0.25) is 0 Å². The fraction of sp³-hybridized carbons (Fsp3) is 0.143. The van der Waals surface area contributed by atoms with Gasteiger partial charge in [0.1, 0.15) is 5.82 Å². The van der Waals surface area contributed by atoms with Crippen molar-refractivity contribution in [3.05, 3.63) is 24.0 Å². The van der Waals surface area contributed by atoms with Gasteiger partial charge in [-0.15, -0.1) is 17.1 Å². The van der Waals surface area contributed by atoms with Gasteiger partial charge < -0.3 is 4.74 Å². The molecule has 1 rings (SSSR count). The molecule has 0 radical (unpaired) electrons. The second kappa shape index (κ2) is 3.89. The van der Waals surface area contributed by atoms with E-state index >= 15 is 0 Å². The van der Waals surface area contributed by atoms with Crippen LogP contribution in [0.15, 0.2) is 23.1 Å². The molecule has 0 unspecified atom stereocenters. The zero-order valence-corrected chi connectivity index (χ0v) is 8.07. The number of rotatable bonds is 2. The Kier molecular flexibility index (Phi) is 3.08. The van der Waals surface area contributed by atoms with Gasteiger partial charge in [-0.25, -0.2) is 4.39 Å². The van der Waals surface area contributed by atoms with Crippen molar-refractivity contribution >= 4 is 10.2 Å². The highest BCUT2D eigenvalue weighted by molar-refractivity contribution is 7.86. The summed E-state index contributed by atoms with van der Waals surface area (Å²) in [6, 6.07) is 1.74. The maximum absolute atomic E-state index is 12.9. The number of alkyl halides is 3. The summed E-state index contributed by atoms with van der Waals surface area (Å²) in [7, 11) is -5.64. The molecule has 16 heavy (non-hydrogen) atoms. The van der Waals surface area contributed by atoms with E-state index in [1.165, 1.54) is 0 Å². The van der Waals surface area contributed by atoms with E-state index in [2.05, 4.69) is 4.74 Å². The SMILES string of the molecule is O=S(=O)(F)c1c(F)cccc1OC(F)(F)F.